The predicted octanol–water partition coefficient (Wildman–Crippen LogP) is 5.68. The number of rotatable bonds is 4. The van der Waals surface area contributed by atoms with Crippen molar-refractivity contribution in [3.63, 3.8) is 0 Å². The number of alkyl halides is 3. The molecule has 3 aromatic rings. The number of fused-ring (bicyclic) bond motifs is 1. The van der Waals surface area contributed by atoms with Crippen LogP contribution >= 0.6 is 28.5 Å². The summed E-state index contributed by atoms with van der Waals surface area (Å²) in [6.45, 7) is 0.217. The Bertz CT molecular complexity index is 971. The van der Waals surface area contributed by atoms with Gasteiger partial charge in [0.2, 0.25) is 0 Å². The fraction of sp³-hybridized carbons (Fsp3) is 0.0625. The molecule has 0 spiro atoms. The van der Waals surface area contributed by atoms with Crippen LogP contribution in [0.5, 0.6) is 11.5 Å². The summed E-state index contributed by atoms with van der Waals surface area (Å²) in [7, 11) is 0. The average molecular weight is 480 g/mol. The third-order valence-corrected chi connectivity index (χ3v) is 4.25. The highest BCUT2D eigenvalue weighted by atomic mass is 127. The molecule has 0 N–H and O–H groups in total. The molecule has 0 amide bonds. The maximum absolute atomic E-state index is 12.6. The maximum atomic E-state index is 12.6. The molecule has 0 radical (unpaired) electrons. The van der Waals surface area contributed by atoms with Gasteiger partial charge in [0, 0.05) is 6.07 Å². The number of ether oxygens (including phenoxy) is 1. The number of halogens is 4. The van der Waals surface area contributed by atoms with Gasteiger partial charge in [-0.05, 0) is 51.9 Å². The molecule has 0 saturated carbocycles. The highest BCUT2D eigenvalue weighted by Gasteiger charge is 2.31. The highest BCUT2D eigenvalue weighted by molar-refractivity contribution is 14.2. The van der Waals surface area contributed by atoms with Crippen molar-refractivity contribution >= 4 is 39.5 Å². The normalized spacial score (nSPS) is 12.0. The van der Waals surface area contributed by atoms with Crippen LogP contribution in [0.15, 0.2) is 57.9 Å². The topological polar surface area (TPSA) is 48.7 Å². The van der Waals surface area contributed by atoms with Crippen LogP contribution in [0.3, 0.4) is 0 Å². The molecule has 0 aliphatic carbocycles. The van der Waals surface area contributed by atoms with Crippen LogP contribution in [0, 0.1) is 0 Å². The fourth-order valence-corrected chi connectivity index (χ4v) is 3.26. The zero-order valence-corrected chi connectivity index (χ0v) is 15.4. The zero-order valence-electron chi connectivity index (χ0n) is 12.3. The van der Waals surface area contributed by atoms with Crippen molar-refractivity contribution in [1.82, 2.24) is 0 Å². The van der Waals surface area contributed by atoms with E-state index in [0.29, 0.717) is 16.7 Å². The first-order valence-corrected chi connectivity index (χ1v) is 10.8. The molecule has 0 aliphatic heterocycles. The molecule has 9 heteroatoms. The fourth-order valence-electron chi connectivity index (χ4n) is 2.28. The van der Waals surface area contributed by atoms with Crippen molar-refractivity contribution in [2.45, 2.75) is 6.36 Å². The third-order valence-electron chi connectivity index (χ3n) is 3.28. The van der Waals surface area contributed by atoms with E-state index in [9.17, 15) is 18.0 Å². The Labute approximate surface area is 154 Å². The third kappa shape index (κ3) is 4.24. The second kappa shape index (κ2) is 7.21. The van der Waals surface area contributed by atoms with Gasteiger partial charge in [0.25, 0.3) is 0 Å². The maximum Gasteiger partial charge on any atom is 0.573 e. The first-order chi connectivity index (χ1) is 11.9. The Morgan fingerprint density at radius 1 is 1.08 bits per heavy atom. The summed E-state index contributed by atoms with van der Waals surface area (Å²) >= 11 is 2.07. The summed E-state index contributed by atoms with van der Waals surface area (Å²) in [6.07, 6.45) is -3.59. The molecule has 130 valence electrons. The largest absolute Gasteiger partial charge is 0.573 e. The quantitative estimate of drug-likeness (QED) is 0.356. The number of hydrogen-bond donors (Lipinski definition) is 0. The van der Waals surface area contributed by atoms with Gasteiger partial charge in [-0.2, -0.15) is 0 Å². The van der Waals surface area contributed by atoms with Crippen molar-refractivity contribution in [2.24, 2.45) is 0 Å². The van der Waals surface area contributed by atoms with Crippen LogP contribution in [0.2, 0.25) is 0 Å². The molecular formula is C16H9F3IO4P. The minimum atomic E-state index is -4.80. The SMILES string of the molecule is O=c1c(-c2cccc(OC(F)(F)F)c2)coc2cc(OPI)ccc12. The van der Waals surface area contributed by atoms with Gasteiger partial charge in [-0.1, -0.05) is 12.1 Å². The van der Waals surface area contributed by atoms with Crippen molar-refractivity contribution in [3.8, 4) is 22.6 Å². The average Bonchev–Trinajstić information content (AvgIpc) is 2.54. The molecule has 0 saturated heterocycles. The molecule has 2 aromatic carbocycles. The van der Waals surface area contributed by atoms with E-state index in [-0.39, 0.29) is 23.0 Å². The van der Waals surface area contributed by atoms with E-state index in [1.165, 1.54) is 18.4 Å². The standard InChI is InChI=1S/C16H9F3IO4P/c17-16(18,19)23-10-3-1-2-9(6-10)13-8-22-14-7-11(24-25-20)4-5-12(14)15(13)21/h1-8,25H. The van der Waals surface area contributed by atoms with Crippen molar-refractivity contribution in [3.05, 3.63) is 59.0 Å². The van der Waals surface area contributed by atoms with E-state index < -0.39 is 12.1 Å². The lowest BCUT2D eigenvalue weighted by atomic mass is 10.1. The molecule has 25 heavy (non-hydrogen) atoms. The highest BCUT2D eigenvalue weighted by Crippen LogP contribution is 2.30. The van der Waals surface area contributed by atoms with E-state index in [1.807, 2.05) is 0 Å². The lowest BCUT2D eigenvalue weighted by Crippen LogP contribution is -2.17. The van der Waals surface area contributed by atoms with Crippen molar-refractivity contribution in [1.29, 1.82) is 0 Å². The van der Waals surface area contributed by atoms with Gasteiger partial charge < -0.3 is 13.7 Å². The van der Waals surface area contributed by atoms with Gasteiger partial charge in [0.15, 0.2) is 5.43 Å². The zero-order chi connectivity index (χ0) is 18.0. The van der Waals surface area contributed by atoms with E-state index in [0.717, 1.165) is 12.1 Å². The molecule has 3 rings (SSSR count). The number of hydrogen-bond acceptors (Lipinski definition) is 4. The van der Waals surface area contributed by atoms with Gasteiger partial charge in [-0.15, -0.1) is 13.2 Å². The second-order valence-electron chi connectivity index (χ2n) is 4.89. The second-order valence-corrected chi connectivity index (χ2v) is 6.57. The predicted molar refractivity (Wildman–Crippen MR) is 97.6 cm³/mol. The van der Waals surface area contributed by atoms with Gasteiger partial charge in [-0.25, -0.2) is 0 Å². The Morgan fingerprint density at radius 2 is 1.88 bits per heavy atom. The molecule has 0 bridgehead atoms. The van der Waals surface area contributed by atoms with Crippen molar-refractivity contribution < 1.29 is 26.8 Å². The Morgan fingerprint density at radius 3 is 2.60 bits per heavy atom. The summed E-state index contributed by atoms with van der Waals surface area (Å²) < 4.78 is 51.8. The van der Waals surface area contributed by atoms with Crippen molar-refractivity contribution in [2.75, 3.05) is 0 Å². The van der Waals surface area contributed by atoms with Gasteiger partial charge in [-0.3, -0.25) is 4.79 Å². The van der Waals surface area contributed by atoms with E-state index in [1.54, 1.807) is 18.2 Å². The summed E-state index contributed by atoms with van der Waals surface area (Å²) in [4.78, 5) is 12.6. The molecule has 1 aromatic heterocycles. The lowest BCUT2D eigenvalue weighted by Gasteiger charge is -2.10. The summed E-state index contributed by atoms with van der Waals surface area (Å²) in [5.41, 5.74) is 0.397. The van der Waals surface area contributed by atoms with Gasteiger partial charge in [0.1, 0.15) is 29.8 Å². The lowest BCUT2D eigenvalue weighted by molar-refractivity contribution is -0.274. The molecular weight excluding hydrogens is 471 g/mol. The van der Waals surface area contributed by atoms with Crippen LogP contribution in [0.1, 0.15) is 0 Å². The molecule has 4 nitrogen and oxygen atoms in total. The Balaban J connectivity index is 2.04. The first kappa shape index (κ1) is 18.0. The summed E-state index contributed by atoms with van der Waals surface area (Å²) in [5, 5.41) is 0.309. The van der Waals surface area contributed by atoms with Crippen LogP contribution in [-0.4, -0.2) is 6.36 Å². The Hall–Kier alpha value is -1.80. The van der Waals surface area contributed by atoms with E-state index >= 15 is 0 Å². The van der Waals surface area contributed by atoms with Crippen LogP contribution in [0.4, 0.5) is 13.2 Å². The minimum Gasteiger partial charge on any atom is -0.467 e. The number of benzene rings is 2. The molecule has 0 fully saturated rings. The van der Waals surface area contributed by atoms with E-state index in [2.05, 4.69) is 26.8 Å². The van der Waals surface area contributed by atoms with Crippen LogP contribution in [0.25, 0.3) is 22.1 Å². The van der Waals surface area contributed by atoms with E-state index in [4.69, 9.17) is 8.94 Å². The molecule has 1 heterocycles. The van der Waals surface area contributed by atoms with Gasteiger partial charge in [0.05, 0.1) is 10.9 Å². The first-order valence-electron chi connectivity index (χ1n) is 6.81. The smallest absolute Gasteiger partial charge is 0.467 e. The van der Waals surface area contributed by atoms with Crippen LogP contribution in [-0.2, 0) is 0 Å². The monoisotopic (exact) mass is 480 g/mol. The van der Waals surface area contributed by atoms with Gasteiger partial charge >= 0.3 is 6.36 Å². The molecule has 0 aliphatic rings. The summed E-state index contributed by atoms with van der Waals surface area (Å²) in [6, 6.07) is 9.97. The Kier molecular flexibility index (Phi) is 5.19. The molecule has 1 unspecified atom stereocenters. The molecule has 1 atom stereocenters. The van der Waals surface area contributed by atoms with Crippen LogP contribution < -0.4 is 14.7 Å². The summed E-state index contributed by atoms with van der Waals surface area (Å²) in [5.74, 6) is 0.160. The minimum absolute atomic E-state index is 0.143.